The van der Waals surface area contributed by atoms with Crippen LogP contribution in [0, 0.1) is 10.1 Å². The molecule has 2 heterocycles. The smallest absolute Gasteiger partial charge is 0.310 e. The summed E-state index contributed by atoms with van der Waals surface area (Å²) < 4.78 is 11.6. The second-order valence-corrected chi connectivity index (χ2v) is 7.86. The van der Waals surface area contributed by atoms with E-state index in [0.717, 1.165) is 0 Å². The van der Waals surface area contributed by atoms with Crippen LogP contribution in [-0.4, -0.2) is 46.8 Å². The van der Waals surface area contributed by atoms with Crippen molar-refractivity contribution in [2.45, 2.75) is 24.9 Å². The molecule has 0 aromatic heterocycles. The molecule has 1 spiro atoms. The van der Waals surface area contributed by atoms with Gasteiger partial charge in [-0.15, -0.1) is 0 Å². The van der Waals surface area contributed by atoms with Crippen LogP contribution in [0.4, 0.5) is 5.69 Å². The molecule has 0 bridgehead atoms. The van der Waals surface area contributed by atoms with Crippen molar-refractivity contribution in [1.82, 2.24) is 4.90 Å². The number of rotatable bonds is 4. The first kappa shape index (κ1) is 20.2. The molecular formula is C21H19ClN2O6. The van der Waals surface area contributed by atoms with Gasteiger partial charge in [0, 0.05) is 37.0 Å². The maximum atomic E-state index is 12.6. The Morgan fingerprint density at radius 2 is 1.97 bits per heavy atom. The van der Waals surface area contributed by atoms with E-state index in [-0.39, 0.29) is 36.2 Å². The monoisotopic (exact) mass is 430 g/mol. The van der Waals surface area contributed by atoms with Gasteiger partial charge in [0.2, 0.25) is 0 Å². The van der Waals surface area contributed by atoms with Crippen LogP contribution in [0.3, 0.4) is 0 Å². The first-order valence-electron chi connectivity index (χ1n) is 9.53. The van der Waals surface area contributed by atoms with Crippen LogP contribution in [0.2, 0.25) is 5.02 Å². The summed E-state index contributed by atoms with van der Waals surface area (Å²) >= 11 is 5.97. The van der Waals surface area contributed by atoms with Crippen molar-refractivity contribution in [2.75, 3.05) is 19.7 Å². The molecule has 1 amide bonds. The van der Waals surface area contributed by atoms with Crippen molar-refractivity contribution in [3.05, 3.63) is 63.2 Å². The number of ether oxygens (including phenoxy) is 2. The number of fused-ring (bicyclic) bond motifs is 1. The van der Waals surface area contributed by atoms with Gasteiger partial charge in [-0.1, -0.05) is 23.7 Å². The molecule has 4 rings (SSSR count). The standard InChI is InChI=1S/C21H19ClN2O6/c22-14-5-6-18-15(11-14)17(25)12-21(30-18)7-9-23(10-8-21)20(26)13-29-19-4-2-1-3-16(19)24(27)28/h1-6,11H,7-10,12-13H2. The fourth-order valence-corrected chi connectivity index (χ4v) is 4.04. The Morgan fingerprint density at radius 1 is 1.23 bits per heavy atom. The Bertz CT molecular complexity index is 1020. The van der Waals surface area contributed by atoms with Crippen molar-refractivity contribution >= 4 is 29.0 Å². The molecule has 1 saturated heterocycles. The third-order valence-electron chi connectivity index (χ3n) is 5.49. The molecule has 0 atom stereocenters. The number of nitrogens with zero attached hydrogens (tertiary/aromatic N) is 2. The third-order valence-corrected chi connectivity index (χ3v) is 5.73. The maximum Gasteiger partial charge on any atom is 0.310 e. The summed E-state index contributed by atoms with van der Waals surface area (Å²) in [6.45, 7) is 0.531. The van der Waals surface area contributed by atoms with Crippen molar-refractivity contribution < 1.29 is 24.0 Å². The summed E-state index contributed by atoms with van der Waals surface area (Å²) in [6, 6.07) is 10.9. The normalized spacial score (nSPS) is 17.2. The number of Topliss-reactive ketones (excluding diaryl/α,β-unsaturated/α-hetero) is 1. The summed E-state index contributed by atoms with van der Waals surface area (Å²) in [4.78, 5) is 37.2. The Hall–Kier alpha value is -3.13. The highest BCUT2D eigenvalue weighted by Gasteiger charge is 2.43. The van der Waals surface area contributed by atoms with E-state index in [9.17, 15) is 19.7 Å². The SMILES string of the molecule is O=C1CC2(CCN(C(=O)COc3ccccc3[N+](=O)[O-])CC2)Oc2ccc(Cl)cc21. The van der Waals surface area contributed by atoms with Crippen LogP contribution < -0.4 is 9.47 Å². The van der Waals surface area contributed by atoms with Gasteiger partial charge in [0.1, 0.15) is 11.4 Å². The Kier molecular flexibility index (Phi) is 5.34. The van der Waals surface area contributed by atoms with Crippen molar-refractivity contribution in [3.8, 4) is 11.5 Å². The van der Waals surface area contributed by atoms with E-state index in [1.807, 2.05) is 0 Å². The van der Waals surface area contributed by atoms with Crippen LogP contribution in [0.5, 0.6) is 11.5 Å². The molecule has 156 valence electrons. The number of carbonyl (C=O) groups is 2. The van der Waals surface area contributed by atoms with Crippen molar-refractivity contribution in [2.24, 2.45) is 0 Å². The molecule has 2 aromatic carbocycles. The minimum Gasteiger partial charge on any atom is -0.486 e. The van der Waals surface area contributed by atoms with Crippen LogP contribution in [-0.2, 0) is 4.79 Å². The van der Waals surface area contributed by atoms with Crippen LogP contribution in [0.25, 0.3) is 0 Å². The van der Waals surface area contributed by atoms with Gasteiger partial charge < -0.3 is 14.4 Å². The predicted molar refractivity (Wildman–Crippen MR) is 108 cm³/mol. The fraction of sp³-hybridized carbons (Fsp3) is 0.333. The minimum atomic E-state index is -0.631. The largest absolute Gasteiger partial charge is 0.486 e. The van der Waals surface area contributed by atoms with E-state index in [4.69, 9.17) is 21.1 Å². The average molecular weight is 431 g/mol. The molecule has 0 aliphatic carbocycles. The second kappa shape index (κ2) is 7.95. The van der Waals surface area contributed by atoms with E-state index < -0.39 is 10.5 Å². The lowest BCUT2D eigenvalue weighted by atomic mass is 9.82. The molecule has 2 aliphatic heterocycles. The highest BCUT2D eigenvalue weighted by Crippen LogP contribution is 2.40. The van der Waals surface area contributed by atoms with Gasteiger partial charge in [-0.05, 0) is 24.3 Å². The topological polar surface area (TPSA) is 99.0 Å². The predicted octanol–water partition coefficient (Wildman–Crippen LogP) is 3.65. The molecule has 1 fully saturated rings. The number of likely N-dealkylation sites (tertiary alicyclic amines) is 1. The number of piperidine rings is 1. The number of para-hydroxylation sites is 2. The lowest BCUT2D eigenvalue weighted by molar-refractivity contribution is -0.385. The van der Waals surface area contributed by atoms with E-state index in [1.54, 1.807) is 29.2 Å². The highest BCUT2D eigenvalue weighted by atomic mass is 35.5. The molecule has 9 heteroatoms. The van der Waals surface area contributed by atoms with Gasteiger partial charge >= 0.3 is 5.69 Å². The first-order chi connectivity index (χ1) is 14.4. The average Bonchev–Trinajstić information content (AvgIpc) is 2.73. The number of nitro groups is 1. The van der Waals surface area contributed by atoms with Crippen molar-refractivity contribution in [3.63, 3.8) is 0 Å². The zero-order valence-electron chi connectivity index (χ0n) is 16.0. The summed E-state index contributed by atoms with van der Waals surface area (Å²) in [7, 11) is 0. The molecule has 0 radical (unpaired) electrons. The molecule has 2 aliphatic rings. The quantitative estimate of drug-likeness (QED) is 0.542. The fourth-order valence-electron chi connectivity index (χ4n) is 3.87. The number of hydrogen-bond acceptors (Lipinski definition) is 6. The number of ketones is 1. The van der Waals surface area contributed by atoms with Gasteiger partial charge in [0.15, 0.2) is 18.1 Å². The lowest BCUT2D eigenvalue weighted by Gasteiger charge is -2.43. The zero-order valence-corrected chi connectivity index (χ0v) is 16.8. The lowest BCUT2D eigenvalue weighted by Crippen LogP contribution is -2.53. The Labute approximate surface area is 177 Å². The summed E-state index contributed by atoms with van der Waals surface area (Å²) in [5.41, 5.74) is -0.325. The van der Waals surface area contributed by atoms with Crippen molar-refractivity contribution in [1.29, 1.82) is 0 Å². The Balaban J connectivity index is 1.37. The zero-order chi connectivity index (χ0) is 21.3. The molecule has 0 N–H and O–H groups in total. The number of carbonyl (C=O) groups excluding carboxylic acids is 2. The molecular weight excluding hydrogens is 412 g/mol. The second-order valence-electron chi connectivity index (χ2n) is 7.42. The van der Waals surface area contributed by atoms with Crippen LogP contribution in [0.15, 0.2) is 42.5 Å². The molecule has 2 aromatic rings. The minimum absolute atomic E-state index is 0.0155. The highest BCUT2D eigenvalue weighted by molar-refractivity contribution is 6.31. The molecule has 8 nitrogen and oxygen atoms in total. The van der Waals surface area contributed by atoms with Crippen LogP contribution >= 0.6 is 11.6 Å². The molecule has 0 unspecified atom stereocenters. The maximum absolute atomic E-state index is 12.6. The number of nitro benzene ring substituents is 1. The van der Waals surface area contributed by atoms with Gasteiger partial charge in [-0.2, -0.15) is 0 Å². The number of halogens is 1. The molecule has 0 saturated carbocycles. The number of amides is 1. The van der Waals surface area contributed by atoms with E-state index in [2.05, 4.69) is 0 Å². The van der Waals surface area contributed by atoms with E-state index >= 15 is 0 Å². The molecule has 30 heavy (non-hydrogen) atoms. The summed E-state index contributed by atoms with van der Waals surface area (Å²) in [6.07, 6.45) is 1.27. The number of hydrogen-bond donors (Lipinski definition) is 0. The van der Waals surface area contributed by atoms with Gasteiger partial charge in [0.25, 0.3) is 5.91 Å². The first-order valence-corrected chi connectivity index (χ1v) is 9.90. The van der Waals surface area contributed by atoms with Gasteiger partial charge in [-0.3, -0.25) is 19.7 Å². The third kappa shape index (κ3) is 3.95. The summed E-state index contributed by atoms with van der Waals surface area (Å²) in [5.74, 6) is 0.298. The van der Waals surface area contributed by atoms with Gasteiger partial charge in [0.05, 0.1) is 16.9 Å². The summed E-state index contributed by atoms with van der Waals surface area (Å²) in [5, 5.41) is 11.5. The van der Waals surface area contributed by atoms with E-state index in [1.165, 1.54) is 18.2 Å². The van der Waals surface area contributed by atoms with Gasteiger partial charge in [-0.25, -0.2) is 0 Å². The number of benzene rings is 2. The van der Waals surface area contributed by atoms with E-state index in [0.29, 0.717) is 42.3 Å². The van der Waals surface area contributed by atoms with Crippen LogP contribution in [0.1, 0.15) is 29.6 Å². The Morgan fingerprint density at radius 3 is 2.70 bits per heavy atom.